The lowest BCUT2D eigenvalue weighted by Crippen LogP contribution is -2.20. The molecule has 2 aromatic rings. The third kappa shape index (κ3) is 3.30. The number of nitrogens with zero attached hydrogens (tertiary/aromatic N) is 1. The maximum absolute atomic E-state index is 12.6. The minimum atomic E-state index is -0.440. The number of aryl methyl sites for hydroxylation is 1. The Hall–Kier alpha value is -2.69. The average Bonchev–Trinajstić information content (AvgIpc) is 2.61. The summed E-state index contributed by atoms with van der Waals surface area (Å²) in [5.74, 6) is -0.465. The molecule has 1 aliphatic carbocycles. The largest absolute Gasteiger partial charge is 0.325 e. The number of carbonyl (C=O) groups excluding carboxylic acids is 1. The number of benzene rings is 2. The molecule has 1 atom stereocenters. The molecule has 0 heterocycles. The quantitative estimate of drug-likeness (QED) is 0.676. The monoisotopic (exact) mass is 324 g/mol. The van der Waals surface area contributed by atoms with Gasteiger partial charge in [0.25, 0.3) is 5.69 Å². The summed E-state index contributed by atoms with van der Waals surface area (Å²) in [7, 11) is 0. The molecule has 5 heteroatoms. The predicted molar refractivity (Wildman–Crippen MR) is 93.2 cm³/mol. The number of non-ortho nitro benzene ring substituents is 1. The van der Waals surface area contributed by atoms with E-state index in [2.05, 4.69) is 11.4 Å². The van der Waals surface area contributed by atoms with Gasteiger partial charge in [-0.15, -0.1) is 0 Å². The van der Waals surface area contributed by atoms with Gasteiger partial charge in [0, 0.05) is 17.8 Å². The Morgan fingerprint density at radius 1 is 1.12 bits per heavy atom. The van der Waals surface area contributed by atoms with E-state index < -0.39 is 4.92 Å². The van der Waals surface area contributed by atoms with E-state index in [4.69, 9.17) is 0 Å². The lowest BCUT2D eigenvalue weighted by Gasteiger charge is -2.21. The topological polar surface area (TPSA) is 72.2 Å². The molecule has 3 rings (SSSR count). The normalized spacial score (nSPS) is 14.5. The first-order valence-corrected chi connectivity index (χ1v) is 8.22. The molecule has 124 valence electrons. The highest BCUT2D eigenvalue weighted by Crippen LogP contribution is 2.29. The summed E-state index contributed by atoms with van der Waals surface area (Å²) < 4.78 is 0. The van der Waals surface area contributed by atoms with Gasteiger partial charge in [0.05, 0.1) is 10.8 Å². The van der Waals surface area contributed by atoms with Gasteiger partial charge in [-0.3, -0.25) is 14.9 Å². The molecule has 0 aliphatic heterocycles. The highest BCUT2D eigenvalue weighted by atomic mass is 16.6. The number of nitro groups is 1. The zero-order valence-corrected chi connectivity index (χ0v) is 13.6. The zero-order chi connectivity index (χ0) is 17.1. The molecular weight excluding hydrogens is 304 g/mol. The maximum Gasteiger partial charge on any atom is 0.269 e. The predicted octanol–water partition coefficient (Wildman–Crippen LogP) is 4.22. The molecule has 24 heavy (non-hydrogen) atoms. The molecule has 0 bridgehead atoms. The van der Waals surface area contributed by atoms with Crippen LogP contribution in [-0.2, 0) is 17.6 Å². The zero-order valence-electron chi connectivity index (χ0n) is 13.6. The Kier molecular flexibility index (Phi) is 4.60. The van der Waals surface area contributed by atoms with Crippen LogP contribution in [0.25, 0.3) is 0 Å². The number of rotatable bonds is 4. The molecule has 0 saturated carbocycles. The summed E-state index contributed by atoms with van der Waals surface area (Å²) in [6.45, 7) is 1.81. The van der Waals surface area contributed by atoms with E-state index in [-0.39, 0.29) is 17.5 Å². The van der Waals surface area contributed by atoms with Crippen LogP contribution in [0.3, 0.4) is 0 Å². The van der Waals surface area contributed by atoms with Crippen LogP contribution >= 0.6 is 0 Å². The standard InChI is InChI=1S/C19H20N2O3/c1-13(14-9-11-16(12-10-14)21(23)24)19(22)20-18-8-4-6-15-5-2-3-7-17(15)18/h4,6,8-13H,2-3,5,7H2,1H3,(H,20,22)/t13-/m1/s1. The maximum atomic E-state index is 12.6. The third-order valence-electron chi connectivity index (χ3n) is 4.65. The van der Waals surface area contributed by atoms with Gasteiger partial charge in [0.15, 0.2) is 0 Å². The Morgan fingerprint density at radius 3 is 2.54 bits per heavy atom. The smallest absolute Gasteiger partial charge is 0.269 e. The third-order valence-corrected chi connectivity index (χ3v) is 4.65. The SMILES string of the molecule is C[C@@H](C(=O)Nc1cccc2c1CCCC2)c1ccc([N+](=O)[O-])cc1. The van der Waals surface area contributed by atoms with Crippen LogP contribution in [0.4, 0.5) is 11.4 Å². The van der Waals surface area contributed by atoms with Gasteiger partial charge in [-0.05, 0) is 55.4 Å². The van der Waals surface area contributed by atoms with E-state index in [1.54, 1.807) is 12.1 Å². The molecule has 5 nitrogen and oxygen atoms in total. The van der Waals surface area contributed by atoms with Crippen molar-refractivity contribution in [2.75, 3.05) is 5.32 Å². The van der Waals surface area contributed by atoms with Crippen LogP contribution in [0.1, 0.15) is 42.4 Å². The second-order valence-corrected chi connectivity index (χ2v) is 6.21. The summed E-state index contributed by atoms with van der Waals surface area (Å²) in [6.07, 6.45) is 4.41. The Labute approximate surface area is 140 Å². The first-order chi connectivity index (χ1) is 11.6. The molecule has 0 saturated heterocycles. The number of fused-ring (bicyclic) bond motifs is 1. The van der Waals surface area contributed by atoms with Crippen LogP contribution in [0, 0.1) is 10.1 Å². The van der Waals surface area contributed by atoms with Crippen molar-refractivity contribution in [1.82, 2.24) is 0 Å². The lowest BCUT2D eigenvalue weighted by molar-refractivity contribution is -0.384. The van der Waals surface area contributed by atoms with Crippen molar-refractivity contribution in [3.05, 3.63) is 69.3 Å². The number of anilines is 1. The Morgan fingerprint density at radius 2 is 1.83 bits per heavy atom. The fourth-order valence-corrected chi connectivity index (χ4v) is 3.18. The van der Waals surface area contributed by atoms with Gasteiger partial charge in [0.1, 0.15) is 0 Å². The van der Waals surface area contributed by atoms with Crippen molar-refractivity contribution >= 4 is 17.3 Å². The first-order valence-electron chi connectivity index (χ1n) is 8.22. The van der Waals surface area contributed by atoms with Gasteiger partial charge in [-0.1, -0.05) is 24.3 Å². The highest BCUT2D eigenvalue weighted by Gasteiger charge is 2.19. The van der Waals surface area contributed by atoms with E-state index in [0.29, 0.717) is 0 Å². The highest BCUT2D eigenvalue weighted by molar-refractivity contribution is 5.96. The minimum absolute atomic E-state index is 0.0310. The molecule has 0 spiro atoms. The van der Waals surface area contributed by atoms with Gasteiger partial charge < -0.3 is 5.32 Å². The fourth-order valence-electron chi connectivity index (χ4n) is 3.18. The summed E-state index contributed by atoms with van der Waals surface area (Å²) in [4.78, 5) is 22.9. The molecule has 0 aromatic heterocycles. The number of nitro benzene ring substituents is 1. The number of carbonyl (C=O) groups is 1. The van der Waals surface area contributed by atoms with Gasteiger partial charge in [-0.2, -0.15) is 0 Å². The molecule has 0 radical (unpaired) electrons. The lowest BCUT2D eigenvalue weighted by atomic mass is 9.90. The molecule has 2 aromatic carbocycles. The second-order valence-electron chi connectivity index (χ2n) is 6.21. The summed E-state index contributed by atoms with van der Waals surface area (Å²) >= 11 is 0. The van der Waals surface area contributed by atoms with Crippen molar-refractivity contribution in [2.24, 2.45) is 0 Å². The first kappa shape index (κ1) is 16.2. The van der Waals surface area contributed by atoms with Crippen LogP contribution in [0.2, 0.25) is 0 Å². The summed E-state index contributed by atoms with van der Waals surface area (Å²) in [5.41, 5.74) is 4.26. The van der Waals surface area contributed by atoms with Crippen LogP contribution in [0.5, 0.6) is 0 Å². The van der Waals surface area contributed by atoms with E-state index in [1.807, 2.05) is 19.1 Å². The van der Waals surface area contributed by atoms with Crippen LogP contribution in [-0.4, -0.2) is 10.8 Å². The number of nitrogens with one attached hydrogen (secondary N) is 1. The second kappa shape index (κ2) is 6.83. The van der Waals surface area contributed by atoms with Crippen molar-refractivity contribution in [3.63, 3.8) is 0 Å². The minimum Gasteiger partial charge on any atom is -0.325 e. The molecular formula is C19H20N2O3. The summed E-state index contributed by atoms with van der Waals surface area (Å²) in [5, 5.41) is 13.8. The van der Waals surface area contributed by atoms with E-state index in [0.717, 1.165) is 30.5 Å². The number of hydrogen-bond acceptors (Lipinski definition) is 3. The number of amides is 1. The number of hydrogen-bond donors (Lipinski definition) is 1. The van der Waals surface area contributed by atoms with Crippen molar-refractivity contribution in [2.45, 2.75) is 38.5 Å². The van der Waals surface area contributed by atoms with E-state index in [9.17, 15) is 14.9 Å². The van der Waals surface area contributed by atoms with Crippen molar-refractivity contribution in [1.29, 1.82) is 0 Å². The summed E-state index contributed by atoms with van der Waals surface area (Å²) in [6, 6.07) is 12.2. The van der Waals surface area contributed by atoms with Crippen molar-refractivity contribution < 1.29 is 9.72 Å². The molecule has 1 amide bonds. The van der Waals surface area contributed by atoms with E-state index in [1.165, 1.54) is 29.7 Å². The molecule has 1 N–H and O–H groups in total. The molecule has 0 unspecified atom stereocenters. The molecule has 0 fully saturated rings. The Bertz CT molecular complexity index is 769. The van der Waals surface area contributed by atoms with Gasteiger partial charge in [0.2, 0.25) is 5.91 Å². The Balaban J connectivity index is 1.76. The van der Waals surface area contributed by atoms with Crippen LogP contribution < -0.4 is 5.32 Å². The van der Waals surface area contributed by atoms with Gasteiger partial charge >= 0.3 is 0 Å². The molecule has 1 aliphatic rings. The van der Waals surface area contributed by atoms with Crippen molar-refractivity contribution in [3.8, 4) is 0 Å². The average molecular weight is 324 g/mol. The van der Waals surface area contributed by atoms with Gasteiger partial charge in [-0.25, -0.2) is 0 Å². The fraction of sp³-hybridized carbons (Fsp3) is 0.316. The van der Waals surface area contributed by atoms with E-state index >= 15 is 0 Å². The van der Waals surface area contributed by atoms with Crippen LogP contribution in [0.15, 0.2) is 42.5 Å².